The third-order valence-electron chi connectivity index (χ3n) is 3.46. The lowest BCUT2D eigenvalue weighted by atomic mass is 10.1. The minimum absolute atomic E-state index is 0.106. The average Bonchev–Trinajstić information content (AvgIpc) is 2.61. The Balaban J connectivity index is 1.89. The first-order valence-corrected chi connectivity index (χ1v) is 8.40. The summed E-state index contributed by atoms with van der Waals surface area (Å²) >= 11 is 5.34. The SMILES string of the molecule is CCCOC(=O)c1ccc(NC(=S)NC(C)c2ccccc2)cc1. The predicted octanol–water partition coefficient (Wildman–Crippen LogP) is 4.30. The quantitative estimate of drug-likeness (QED) is 0.605. The van der Waals surface area contributed by atoms with Gasteiger partial charge >= 0.3 is 5.97 Å². The summed E-state index contributed by atoms with van der Waals surface area (Å²) in [5, 5.41) is 6.89. The Labute approximate surface area is 148 Å². The van der Waals surface area contributed by atoms with E-state index in [1.807, 2.05) is 37.3 Å². The summed E-state index contributed by atoms with van der Waals surface area (Å²) < 4.78 is 5.10. The second-order valence-electron chi connectivity index (χ2n) is 5.44. The molecular formula is C19H22N2O2S. The molecule has 0 radical (unpaired) electrons. The zero-order chi connectivity index (χ0) is 17.4. The predicted molar refractivity (Wildman–Crippen MR) is 101 cm³/mol. The number of carbonyl (C=O) groups excluding carboxylic acids is 1. The fourth-order valence-corrected chi connectivity index (χ4v) is 2.45. The van der Waals surface area contributed by atoms with Crippen molar-refractivity contribution in [2.24, 2.45) is 0 Å². The van der Waals surface area contributed by atoms with Gasteiger partial charge in [0.1, 0.15) is 0 Å². The van der Waals surface area contributed by atoms with Crippen molar-refractivity contribution in [3.8, 4) is 0 Å². The molecule has 1 unspecified atom stereocenters. The zero-order valence-electron chi connectivity index (χ0n) is 13.9. The molecule has 0 aromatic heterocycles. The van der Waals surface area contributed by atoms with Crippen molar-refractivity contribution in [2.45, 2.75) is 26.3 Å². The van der Waals surface area contributed by atoms with Gasteiger partial charge in [-0.15, -0.1) is 0 Å². The largest absolute Gasteiger partial charge is 0.462 e. The van der Waals surface area contributed by atoms with E-state index in [1.165, 1.54) is 0 Å². The van der Waals surface area contributed by atoms with E-state index in [-0.39, 0.29) is 12.0 Å². The minimum atomic E-state index is -0.304. The molecule has 0 spiro atoms. The summed E-state index contributed by atoms with van der Waals surface area (Å²) in [6, 6.07) is 17.3. The average molecular weight is 342 g/mol. The van der Waals surface area contributed by atoms with Crippen molar-refractivity contribution < 1.29 is 9.53 Å². The summed E-state index contributed by atoms with van der Waals surface area (Å²) in [7, 11) is 0. The molecular weight excluding hydrogens is 320 g/mol. The van der Waals surface area contributed by atoms with Crippen LogP contribution in [0.3, 0.4) is 0 Å². The van der Waals surface area contributed by atoms with E-state index in [4.69, 9.17) is 17.0 Å². The molecule has 2 rings (SSSR count). The zero-order valence-corrected chi connectivity index (χ0v) is 14.7. The van der Waals surface area contributed by atoms with E-state index in [0.29, 0.717) is 17.3 Å². The maximum Gasteiger partial charge on any atom is 0.338 e. The van der Waals surface area contributed by atoms with E-state index in [1.54, 1.807) is 12.1 Å². The molecule has 5 heteroatoms. The lowest BCUT2D eigenvalue weighted by Gasteiger charge is -2.17. The lowest BCUT2D eigenvalue weighted by Crippen LogP contribution is -2.30. The fraction of sp³-hybridized carbons (Fsp3) is 0.263. The smallest absolute Gasteiger partial charge is 0.338 e. The molecule has 0 amide bonds. The summed E-state index contributed by atoms with van der Waals surface area (Å²) in [6.07, 6.45) is 0.810. The number of nitrogens with one attached hydrogen (secondary N) is 2. The first-order valence-electron chi connectivity index (χ1n) is 7.99. The molecule has 0 fully saturated rings. The van der Waals surface area contributed by atoms with Gasteiger partial charge in [-0.25, -0.2) is 4.79 Å². The van der Waals surface area contributed by atoms with Crippen molar-refractivity contribution in [1.82, 2.24) is 5.32 Å². The van der Waals surface area contributed by atoms with Crippen LogP contribution >= 0.6 is 12.2 Å². The van der Waals surface area contributed by atoms with Crippen LogP contribution in [0.15, 0.2) is 54.6 Å². The molecule has 24 heavy (non-hydrogen) atoms. The highest BCUT2D eigenvalue weighted by molar-refractivity contribution is 7.80. The molecule has 2 aromatic rings. The number of carbonyl (C=O) groups is 1. The summed E-state index contributed by atoms with van der Waals surface area (Å²) in [6.45, 7) is 4.45. The van der Waals surface area contributed by atoms with Gasteiger partial charge in [-0.3, -0.25) is 0 Å². The van der Waals surface area contributed by atoms with E-state index >= 15 is 0 Å². The van der Waals surface area contributed by atoms with Crippen LogP contribution in [0.25, 0.3) is 0 Å². The maximum atomic E-state index is 11.8. The number of rotatable bonds is 6. The Morgan fingerprint density at radius 3 is 2.42 bits per heavy atom. The molecule has 0 aliphatic rings. The van der Waals surface area contributed by atoms with Crippen LogP contribution in [0.1, 0.15) is 42.2 Å². The maximum absolute atomic E-state index is 11.8. The Morgan fingerprint density at radius 2 is 1.79 bits per heavy atom. The van der Waals surface area contributed by atoms with Crippen LogP contribution in [0, 0.1) is 0 Å². The van der Waals surface area contributed by atoms with Gasteiger partial charge in [-0.1, -0.05) is 37.3 Å². The van der Waals surface area contributed by atoms with Crippen LogP contribution in [0.4, 0.5) is 5.69 Å². The fourth-order valence-electron chi connectivity index (χ4n) is 2.16. The van der Waals surface area contributed by atoms with Crippen molar-refractivity contribution in [3.63, 3.8) is 0 Å². The summed E-state index contributed by atoms with van der Waals surface area (Å²) in [5.74, 6) is -0.304. The normalized spacial score (nSPS) is 11.4. The highest BCUT2D eigenvalue weighted by Gasteiger charge is 2.08. The number of ether oxygens (including phenoxy) is 1. The number of thiocarbonyl (C=S) groups is 1. The van der Waals surface area contributed by atoms with Gasteiger partial charge in [0.15, 0.2) is 5.11 Å². The molecule has 0 aliphatic carbocycles. The first-order chi connectivity index (χ1) is 11.6. The van der Waals surface area contributed by atoms with Gasteiger partial charge in [0.05, 0.1) is 18.2 Å². The molecule has 0 saturated heterocycles. The Bertz CT molecular complexity index is 672. The third kappa shape index (κ3) is 5.35. The van der Waals surface area contributed by atoms with Gasteiger partial charge in [-0.2, -0.15) is 0 Å². The Hall–Kier alpha value is -2.40. The third-order valence-corrected chi connectivity index (χ3v) is 3.68. The lowest BCUT2D eigenvalue weighted by molar-refractivity contribution is 0.0505. The van der Waals surface area contributed by atoms with Crippen molar-refractivity contribution in [3.05, 3.63) is 65.7 Å². The molecule has 126 valence electrons. The van der Waals surface area contributed by atoms with Crippen LogP contribution in [0.2, 0.25) is 0 Å². The molecule has 2 aromatic carbocycles. The molecule has 4 nitrogen and oxygen atoms in total. The van der Waals surface area contributed by atoms with Crippen molar-refractivity contribution >= 4 is 29.0 Å². The topological polar surface area (TPSA) is 50.4 Å². The minimum Gasteiger partial charge on any atom is -0.462 e. The van der Waals surface area contributed by atoms with Crippen molar-refractivity contribution in [1.29, 1.82) is 0 Å². The monoisotopic (exact) mass is 342 g/mol. The molecule has 1 atom stereocenters. The first kappa shape index (κ1) is 17.9. The highest BCUT2D eigenvalue weighted by Crippen LogP contribution is 2.13. The number of anilines is 1. The van der Waals surface area contributed by atoms with Crippen LogP contribution in [0.5, 0.6) is 0 Å². The molecule has 0 aliphatic heterocycles. The molecule has 0 heterocycles. The second-order valence-corrected chi connectivity index (χ2v) is 5.85. The van der Waals surface area contributed by atoms with Gasteiger partial charge in [0.25, 0.3) is 0 Å². The van der Waals surface area contributed by atoms with E-state index in [0.717, 1.165) is 17.7 Å². The standard InChI is InChI=1S/C19H22N2O2S/c1-3-13-23-18(22)16-9-11-17(12-10-16)21-19(24)20-14(2)15-7-5-4-6-8-15/h4-12,14H,3,13H2,1-2H3,(H2,20,21,24). The number of hydrogen-bond acceptors (Lipinski definition) is 3. The van der Waals surface area contributed by atoms with Crippen LogP contribution in [-0.4, -0.2) is 17.7 Å². The number of benzene rings is 2. The molecule has 0 saturated carbocycles. The van der Waals surface area contributed by atoms with E-state index in [9.17, 15) is 4.79 Å². The van der Waals surface area contributed by atoms with Gasteiger partial charge < -0.3 is 15.4 Å². The summed E-state index contributed by atoms with van der Waals surface area (Å²) in [4.78, 5) is 11.8. The van der Waals surface area contributed by atoms with E-state index < -0.39 is 0 Å². The molecule has 0 bridgehead atoms. The summed E-state index contributed by atoms with van der Waals surface area (Å²) in [5.41, 5.74) is 2.51. The van der Waals surface area contributed by atoms with Crippen LogP contribution in [-0.2, 0) is 4.74 Å². The second kappa shape index (κ2) is 9.03. The highest BCUT2D eigenvalue weighted by atomic mass is 32.1. The van der Waals surface area contributed by atoms with Crippen molar-refractivity contribution in [2.75, 3.05) is 11.9 Å². The number of esters is 1. The number of hydrogen-bond donors (Lipinski definition) is 2. The van der Waals surface area contributed by atoms with Gasteiger partial charge in [0, 0.05) is 5.69 Å². The Morgan fingerprint density at radius 1 is 1.12 bits per heavy atom. The Kier molecular flexibility index (Phi) is 6.75. The van der Waals surface area contributed by atoms with Crippen LogP contribution < -0.4 is 10.6 Å². The van der Waals surface area contributed by atoms with Gasteiger partial charge in [-0.05, 0) is 55.4 Å². The van der Waals surface area contributed by atoms with E-state index in [2.05, 4.69) is 29.7 Å². The molecule has 2 N–H and O–H groups in total. The van der Waals surface area contributed by atoms with Gasteiger partial charge in [0.2, 0.25) is 0 Å².